The summed E-state index contributed by atoms with van der Waals surface area (Å²) in [6.45, 7) is 0.154. The highest BCUT2D eigenvalue weighted by molar-refractivity contribution is 6.04. The molecule has 1 amide bonds. The van der Waals surface area contributed by atoms with E-state index in [-0.39, 0.29) is 12.3 Å². The van der Waals surface area contributed by atoms with E-state index in [9.17, 15) is 14.9 Å². The number of hydrogen-bond acceptors (Lipinski definition) is 6. The smallest absolute Gasteiger partial charge is 0.271 e. The van der Waals surface area contributed by atoms with Crippen molar-refractivity contribution in [3.05, 3.63) is 88.0 Å². The van der Waals surface area contributed by atoms with Gasteiger partial charge in [0.05, 0.1) is 19.1 Å². The van der Waals surface area contributed by atoms with Crippen LogP contribution in [0.5, 0.6) is 17.2 Å². The number of para-hydroxylation sites is 2. The van der Waals surface area contributed by atoms with Crippen LogP contribution in [-0.2, 0) is 6.61 Å². The van der Waals surface area contributed by atoms with Gasteiger partial charge in [0, 0.05) is 28.9 Å². The summed E-state index contributed by atoms with van der Waals surface area (Å²) >= 11 is 0. The number of amides is 1. The average Bonchev–Trinajstić information content (AvgIpc) is 2.77. The first-order valence-electron chi connectivity index (χ1n) is 9.00. The molecule has 8 heteroatoms. The number of rotatable bonds is 8. The van der Waals surface area contributed by atoms with Crippen molar-refractivity contribution in [1.29, 1.82) is 0 Å². The van der Waals surface area contributed by atoms with E-state index in [4.69, 9.17) is 14.2 Å². The van der Waals surface area contributed by atoms with Gasteiger partial charge in [-0.15, -0.1) is 0 Å². The fourth-order valence-electron chi connectivity index (χ4n) is 2.83. The van der Waals surface area contributed by atoms with Crippen molar-refractivity contribution >= 4 is 17.3 Å². The van der Waals surface area contributed by atoms with Crippen LogP contribution in [0.1, 0.15) is 15.9 Å². The third kappa shape index (κ3) is 4.85. The zero-order chi connectivity index (χ0) is 21.5. The fraction of sp³-hybridized carbons (Fsp3) is 0.136. The first kappa shape index (κ1) is 20.7. The van der Waals surface area contributed by atoms with E-state index in [1.807, 2.05) is 12.1 Å². The Balaban J connectivity index is 1.78. The Morgan fingerprint density at radius 2 is 1.67 bits per heavy atom. The highest BCUT2D eigenvalue weighted by atomic mass is 16.6. The minimum atomic E-state index is -0.518. The van der Waals surface area contributed by atoms with E-state index in [1.54, 1.807) is 43.5 Å². The van der Waals surface area contributed by atoms with Gasteiger partial charge in [0.15, 0.2) is 11.5 Å². The lowest BCUT2D eigenvalue weighted by atomic mass is 10.1. The standard InChI is InChI=1S/C22H20N2O6/c1-28-19-11-10-15(22(25)23-17-6-5-7-18(13-17)24(26)27)12-16(19)14-30-21-9-4-3-8-20(21)29-2/h3-13H,14H2,1-2H3,(H,23,25). The number of methoxy groups -OCH3 is 2. The van der Waals surface area contributed by atoms with Crippen LogP contribution in [0.2, 0.25) is 0 Å². The van der Waals surface area contributed by atoms with Crippen LogP contribution in [0.15, 0.2) is 66.7 Å². The molecule has 0 bridgehead atoms. The van der Waals surface area contributed by atoms with E-state index in [0.29, 0.717) is 34.1 Å². The molecule has 0 aromatic heterocycles. The highest BCUT2D eigenvalue weighted by Crippen LogP contribution is 2.29. The molecule has 0 aliphatic rings. The van der Waals surface area contributed by atoms with Crippen LogP contribution >= 0.6 is 0 Å². The molecular formula is C22H20N2O6. The number of hydrogen-bond donors (Lipinski definition) is 1. The Morgan fingerprint density at radius 1 is 0.933 bits per heavy atom. The number of nitro benzene ring substituents is 1. The second kappa shape index (κ2) is 9.42. The monoisotopic (exact) mass is 408 g/mol. The molecule has 154 valence electrons. The molecule has 3 aromatic rings. The molecule has 3 aromatic carbocycles. The van der Waals surface area contributed by atoms with E-state index in [0.717, 1.165) is 0 Å². The number of benzene rings is 3. The number of ether oxygens (including phenoxy) is 3. The van der Waals surface area contributed by atoms with Gasteiger partial charge in [-0.25, -0.2) is 0 Å². The summed E-state index contributed by atoms with van der Waals surface area (Å²) in [5.41, 5.74) is 1.25. The van der Waals surface area contributed by atoms with Crippen LogP contribution in [0.25, 0.3) is 0 Å². The molecule has 3 rings (SSSR count). The van der Waals surface area contributed by atoms with Crippen LogP contribution in [0.3, 0.4) is 0 Å². The topological polar surface area (TPSA) is 99.9 Å². The molecule has 0 fully saturated rings. The Kier molecular flexibility index (Phi) is 6.49. The molecule has 0 saturated carbocycles. The quantitative estimate of drug-likeness (QED) is 0.437. The van der Waals surface area contributed by atoms with Crippen molar-refractivity contribution in [2.45, 2.75) is 6.61 Å². The minimum Gasteiger partial charge on any atom is -0.496 e. The lowest BCUT2D eigenvalue weighted by molar-refractivity contribution is -0.384. The van der Waals surface area contributed by atoms with Crippen LogP contribution in [0.4, 0.5) is 11.4 Å². The SMILES string of the molecule is COc1ccc(C(=O)Nc2cccc([N+](=O)[O-])c2)cc1COc1ccccc1OC. The lowest BCUT2D eigenvalue weighted by Crippen LogP contribution is -2.13. The molecule has 0 aliphatic carbocycles. The van der Waals surface area contributed by atoms with Gasteiger partial charge in [0.2, 0.25) is 0 Å². The average molecular weight is 408 g/mol. The van der Waals surface area contributed by atoms with Crippen molar-refractivity contribution < 1.29 is 23.9 Å². The van der Waals surface area contributed by atoms with Gasteiger partial charge < -0.3 is 19.5 Å². The fourth-order valence-corrected chi connectivity index (χ4v) is 2.83. The zero-order valence-electron chi connectivity index (χ0n) is 16.5. The van der Waals surface area contributed by atoms with Gasteiger partial charge in [0.25, 0.3) is 11.6 Å². The maximum Gasteiger partial charge on any atom is 0.271 e. The Morgan fingerprint density at radius 3 is 2.37 bits per heavy atom. The molecule has 30 heavy (non-hydrogen) atoms. The predicted molar refractivity (Wildman–Crippen MR) is 111 cm³/mol. The van der Waals surface area contributed by atoms with E-state index in [1.165, 1.54) is 25.3 Å². The summed E-state index contributed by atoms with van der Waals surface area (Å²) < 4.78 is 16.5. The molecule has 1 N–H and O–H groups in total. The Bertz CT molecular complexity index is 1070. The number of non-ortho nitro benzene ring substituents is 1. The van der Waals surface area contributed by atoms with Crippen molar-refractivity contribution in [2.24, 2.45) is 0 Å². The molecule has 0 aliphatic heterocycles. The van der Waals surface area contributed by atoms with E-state index < -0.39 is 10.8 Å². The summed E-state index contributed by atoms with van der Waals surface area (Å²) in [6, 6.07) is 17.9. The minimum absolute atomic E-state index is 0.103. The second-order valence-corrected chi connectivity index (χ2v) is 6.23. The largest absolute Gasteiger partial charge is 0.496 e. The summed E-state index contributed by atoms with van der Waals surface area (Å²) in [4.78, 5) is 23.0. The van der Waals surface area contributed by atoms with Crippen LogP contribution in [-0.4, -0.2) is 25.1 Å². The van der Waals surface area contributed by atoms with Crippen LogP contribution < -0.4 is 19.5 Å². The highest BCUT2D eigenvalue weighted by Gasteiger charge is 2.14. The first-order valence-corrected chi connectivity index (χ1v) is 9.00. The molecule has 0 radical (unpaired) electrons. The van der Waals surface area contributed by atoms with Crippen LogP contribution in [0, 0.1) is 10.1 Å². The van der Waals surface area contributed by atoms with Gasteiger partial charge in [-0.3, -0.25) is 14.9 Å². The Hall–Kier alpha value is -4.07. The summed E-state index contributed by atoms with van der Waals surface area (Å²) in [6.07, 6.45) is 0. The first-order chi connectivity index (χ1) is 14.5. The normalized spacial score (nSPS) is 10.2. The van der Waals surface area contributed by atoms with Crippen molar-refractivity contribution in [1.82, 2.24) is 0 Å². The van der Waals surface area contributed by atoms with E-state index in [2.05, 4.69) is 5.32 Å². The number of carbonyl (C=O) groups excluding carboxylic acids is 1. The predicted octanol–water partition coefficient (Wildman–Crippen LogP) is 4.44. The number of nitrogens with zero attached hydrogens (tertiary/aromatic N) is 1. The number of nitro groups is 1. The summed E-state index contributed by atoms with van der Waals surface area (Å²) in [5, 5.41) is 13.6. The van der Waals surface area contributed by atoms with Gasteiger partial charge in [-0.1, -0.05) is 18.2 Å². The van der Waals surface area contributed by atoms with Crippen molar-refractivity contribution in [2.75, 3.05) is 19.5 Å². The summed E-state index contributed by atoms with van der Waals surface area (Å²) in [5.74, 6) is 1.32. The van der Waals surface area contributed by atoms with E-state index >= 15 is 0 Å². The summed E-state index contributed by atoms with van der Waals surface area (Å²) in [7, 11) is 3.09. The Labute approximate surface area is 173 Å². The van der Waals surface area contributed by atoms with Gasteiger partial charge in [-0.05, 0) is 36.4 Å². The third-order valence-electron chi connectivity index (χ3n) is 4.31. The van der Waals surface area contributed by atoms with Gasteiger partial charge in [-0.2, -0.15) is 0 Å². The molecule has 0 spiro atoms. The maximum absolute atomic E-state index is 12.6. The molecule has 8 nitrogen and oxygen atoms in total. The van der Waals surface area contributed by atoms with Crippen molar-refractivity contribution in [3.63, 3.8) is 0 Å². The number of anilines is 1. The molecular weight excluding hydrogens is 388 g/mol. The lowest BCUT2D eigenvalue weighted by Gasteiger charge is -2.14. The number of carbonyl (C=O) groups is 1. The maximum atomic E-state index is 12.6. The third-order valence-corrected chi connectivity index (χ3v) is 4.31. The molecule has 0 atom stereocenters. The zero-order valence-corrected chi connectivity index (χ0v) is 16.5. The second-order valence-electron chi connectivity index (χ2n) is 6.23. The van der Waals surface area contributed by atoms with Gasteiger partial charge in [0.1, 0.15) is 12.4 Å². The number of nitrogens with one attached hydrogen (secondary N) is 1. The molecule has 0 unspecified atom stereocenters. The molecule has 0 saturated heterocycles. The molecule has 0 heterocycles. The van der Waals surface area contributed by atoms with Gasteiger partial charge >= 0.3 is 0 Å². The van der Waals surface area contributed by atoms with Crippen molar-refractivity contribution in [3.8, 4) is 17.2 Å².